The first kappa shape index (κ1) is 26.3. The first-order valence-electron chi connectivity index (χ1n) is 13.5. The number of rotatable bonds is 8. The molecule has 1 aliphatic carbocycles. The maximum atomic E-state index is 13.1. The van der Waals surface area contributed by atoms with Crippen LogP contribution in [-0.2, 0) is 14.8 Å². The number of nitrogens with zero attached hydrogens (tertiary/aromatic N) is 2. The first-order chi connectivity index (χ1) is 16.9. The maximum absolute atomic E-state index is 13.1. The van der Waals surface area contributed by atoms with Gasteiger partial charge in [-0.25, -0.2) is 8.42 Å². The minimum atomic E-state index is -3.69. The molecule has 2 heterocycles. The lowest BCUT2D eigenvalue weighted by molar-refractivity contribution is -0.138. The molecule has 0 spiro atoms. The normalized spacial score (nSPS) is 21.8. The Morgan fingerprint density at radius 3 is 2.14 bits per heavy atom. The Kier molecular flexibility index (Phi) is 8.97. The van der Waals surface area contributed by atoms with Crippen LogP contribution in [0.2, 0.25) is 0 Å². The van der Waals surface area contributed by atoms with E-state index in [0.717, 1.165) is 58.0 Å². The van der Waals surface area contributed by atoms with Crippen molar-refractivity contribution in [3.8, 4) is 11.5 Å². The van der Waals surface area contributed by atoms with Gasteiger partial charge in [-0.2, -0.15) is 4.31 Å². The van der Waals surface area contributed by atoms with Gasteiger partial charge in [-0.15, -0.1) is 0 Å². The number of hydrogen-bond donors (Lipinski definition) is 1. The van der Waals surface area contributed by atoms with Crippen LogP contribution in [-0.4, -0.2) is 61.9 Å². The summed E-state index contributed by atoms with van der Waals surface area (Å²) < 4.78 is 33.0. The molecule has 8 heteroatoms. The number of carbonyl (C=O) groups excluding carboxylic acids is 1. The highest BCUT2D eigenvalue weighted by molar-refractivity contribution is 7.89. The lowest BCUT2D eigenvalue weighted by Crippen LogP contribution is -2.42. The van der Waals surface area contributed by atoms with Gasteiger partial charge in [0.05, 0.1) is 7.11 Å². The minimum absolute atomic E-state index is 0.0340. The fourth-order valence-corrected chi connectivity index (χ4v) is 7.83. The Morgan fingerprint density at radius 1 is 0.943 bits per heavy atom. The molecule has 0 radical (unpaired) electrons. The van der Waals surface area contributed by atoms with Crippen LogP contribution in [0.4, 0.5) is 0 Å². The second kappa shape index (κ2) is 12.0. The molecule has 0 atom stereocenters. The number of phenols is 1. The largest absolute Gasteiger partial charge is 0.508 e. The zero-order valence-corrected chi connectivity index (χ0v) is 22.0. The third-order valence-corrected chi connectivity index (χ3v) is 10.4. The van der Waals surface area contributed by atoms with Crippen molar-refractivity contribution in [2.75, 3.05) is 33.3 Å². The quantitative estimate of drug-likeness (QED) is 0.548. The van der Waals surface area contributed by atoms with Crippen LogP contribution >= 0.6 is 0 Å². The Morgan fingerprint density at radius 2 is 1.54 bits per heavy atom. The highest BCUT2D eigenvalue weighted by Gasteiger charge is 2.32. The number of sulfonamides is 1. The van der Waals surface area contributed by atoms with Crippen molar-refractivity contribution >= 4 is 15.9 Å². The van der Waals surface area contributed by atoms with Crippen LogP contribution in [0.3, 0.4) is 0 Å². The number of carbonyl (C=O) groups is 1. The van der Waals surface area contributed by atoms with Crippen LogP contribution < -0.4 is 4.74 Å². The molecule has 2 aliphatic heterocycles. The Hall–Kier alpha value is -1.80. The standard InChI is InChI=1S/C27H42N2O5S/c1-34-25-11-10-24(30)20-26(25)35(32,33)29-18-14-22(15-19-29)7-5-6-21-12-16-28(17-13-21)27(31)23-8-3-2-4-9-23/h10-11,20-23,30H,2-9,12-19H2,1H3. The Bertz CT molecular complexity index is 944. The molecule has 3 fully saturated rings. The van der Waals surface area contributed by atoms with Gasteiger partial charge in [0.2, 0.25) is 15.9 Å². The van der Waals surface area contributed by atoms with Gasteiger partial charge in [0, 0.05) is 38.2 Å². The molecule has 4 rings (SSSR count). The lowest BCUT2D eigenvalue weighted by atomic mass is 9.85. The van der Waals surface area contributed by atoms with E-state index in [9.17, 15) is 18.3 Å². The van der Waals surface area contributed by atoms with E-state index >= 15 is 0 Å². The zero-order valence-electron chi connectivity index (χ0n) is 21.2. The molecule has 1 aromatic rings. The van der Waals surface area contributed by atoms with E-state index < -0.39 is 10.0 Å². The second-order valence-corrected chi connectivity index (χ2v) is 12.6. The van der Waals surface area contributed by atoms with Crippen molar-refractivity contribution in [1.82, 2.24) is 9.21 Å². The average molecular weight is 507 g/mol. The SMILES string of the molecule is COc1ccc(O)cc1S(=O)(=O)N1CCC(CCCC2CCN(C(=O)C3CCCCC3)CC2)CC1. The van der Waals surface area contributed by atoms with Gasteiger partial charge in [0.1, 0.15) is 16.4 Å². The zero-order chi connectivity index (χ0) is 24.8. The summed E-state index contributed by atoms with van der Waals surface area (Å²) in [7, 11) is -2.25. The van der Waals surface area contributed by atoms with Crippen LogP contribution in [0.5, 0.6) is 11.5 Å². The molecule has 0 unspecified atom stereocenters. The van der Waals surface area contributed by atoms with E-state index in [2.05, 4.69) is 4.90 Å². The van der Waals surface area contributed by atoms with Gasteiger partial charge in [-0.3, -0.25) is 4.79 Å². The van der Waals surface area contributed by atoms with E-state index in [0.29, 0.717) is 30.8 Å². The molecular formula is C27H42N2O5S. The summed E-state index contributed by atoms with van der Waals surface area (Å²) in [5.41, 5.74) is 0. The topological polar surface area (TPSA) is 87.2 Å². The molecule has 2 saturated heterocycles. The Labute approximate surface area is 210 Å². The van der Waals surface area contributed by atoms with Gasteiger partial charge in [0.25, 0.3) is 0 Å². The molecule has 1 aromatic carbocycles. The summed E-state index contributed by atoms with van der Waals surface area (Å²) in [6.07, 6.45) is 13.4. The summed E-state index contributed by atoms with van der Waals surface area (Å²) >= 11 is 0. The van der Waals surface area contributed by atoms with Gasteiger partial charge in [-0.05, 0) is 62.5 Å². The van der Waals surface area contributed by atoms with E-state index in [1.54, 1.807) is 0 Å². The van der Waals surface area contributed by atoms with Gasteiger partial charge < -0.3 is 14.7 Å². The van der Waals surface area contributed by atoms with Crippen molar-refractivity contribution in [3.63, 3.8) is 0 Å². The highest BCUT2D eigenvalue weighted by Crippen LogP contribution is 2.34. The molecule has 196 valence electrons. The summed E-state index contributed by atoms with van der Waals surface area (Å²) in [5, 5.41) is 9.78. The number of methoxy groups -OCH3 is 1. The fourth-order valence-electron chi connectivity index (χ4n) is 6.19. The number of benzene rings is 1. The third-order valence-electron chi connectivity index (χ3n) is 8.44. The van der Waals surface area contributed by atoms with Gasteiger partial charge in [-0.1, -0.05) is 38.5 Å². The number of aromatic hydroxyl groups is 1. The van der Waals surface area contributed by atoms with E-state index in [-0.39, 0.29) is 22.3 Å². The molecule has 1 N–H and O–H groups in total. The predicted octanol–water partition coefficient (Wildman–Crippen LogP) is 4.79. The number of hydrogen-bond acceptors (Lipinski definition) is 5. The van der Waals surface area contributed by atoms with Crippen molar-refractivity contribution in [2.45, 2.75) is 81.9 Å². The lowest BCUT2D eigenvalue weighted by Gasteiger charge is -2.35. The summed E-state index contributed by atoms with van der Waals surface area (Å²) in [4.78, 5) is 14.9. The molecule has 1 saturated carbocycles. The molecule has 1 amide bonds. The molecule has 0 bridgehead atoms. The maximum Gasteiger partial charge on any atom is 0.246 e. The Balaban J connectivity index is 1.17. The summed E-state index contributed by atoms with van der Waals surface area (Å²) in [5.74, 6) is 2.14. The first-order valence-corrected chi connectivity index (χ1v) is 15.0. The van der Waals surface area contributed by atoms with E-state index in [1.165, 1.54) is 61.7 Å². The third kappa shape index (κ3) is 6.50. The van der Waals surface area contributed by atoms with E-state index in [1.807, 2.05) is 0 Å². The molecule has 7 nitrogen and oxygen atoms in total. The smallest absolute Gasteiger partial charge is 0.246 e. The number of amides is 1. The molecule has 3 aliphatic rings. The number of phenolic OH excluding ortho intramolecular Hbond substituents is 1. The van der Waals surface area contributed by atoms with Gasteiger partial charge in [0.15, 0.2) is 0 Å². The highest BCUT2D eigenvalue weighted by atomic mass is 32.2. The molecule has 35 heavy (non-hydrogen) atoms. The number of piperidine rings is 2. The minimum Gasteiger partial charge on any atom is -0.508 e. The van der Waals surface area contributed by atoms with Crippen molar-refractivity contribution in [3.05, 3.63) is 18.2 Å². The van der Waals surface area contributed by atoms with Gasteiger partial charge >= 0.3 is 0 Å². The average Bonchev–Trinajstić information content (AvgIpc) is 2.89. The number of likely N-dealkylation sites (tertiary alicyclic amines) is 1. The second-order valence-electron chi connectivity index (χ2n) is 10.7. The van der Waals surface area contributed by atoms with Crippen LogP contribution in [0.1, 0.15) is 77.0 Å². The molecular weight excluding hydrogens is 464 g/mol. The van der Waals surface area contributed by atoms with Crippen molar-refractivity contribution in [1.29, 1.82) is 0 Å². The molecule has 0 aromatic heterocycles. The van der Waals surface area contributed by atoms with E-state index in [4.69, 9.17) is 4.74 Å². The summed E-state index contributed by atoms with van der Waals surface area (Å²) in [6.45, 7) is 2.87. The van der Waals surface area contributed by atoms with Crippen LogP contribution in [0.15, 0.2) is 23.1 Å². The van der Waals surface area contributed by atoms with Crippen LogP contribution in [0, 0.1) is 17.8 Å². The predicted molar refractivity (Wildman–Crippen MR) is 136 cm³/mol. The van der Waals surface area contributed by atoms with Crippen molar-refractivity contribution < 1.29 is 23.1 Å². The van der Waals surface area contributed by atoms with Crippen LogP contribution in [0.25, 0.3) is 0 Å². The fraction of sp³-hybridized carbons (Fsp3) is 0.741. The van der Waals surface area contributed by atoms with Crippen molar-refractivity contribution in [2.24, 2.45) is 17.8 Å². The number of ether oxygens (including phenoxy) is 1. The summed E-state index contributed by atoms with van der Waals surface area (Å²) in [6, 6.07) is 4.20. The monoisotopic (exact) mass is 506 g/mol.